The summed E-state index contributed by atoms with van der Waals surface area (Å²) in [4.78, 5) is 21.7. The maximum atomic E-state index is 10.9. The molecule has 0 rings (SSSR count). The van der Waals surface area contributed by atoms with Crippen molar-refractivity contribution < 1.29 is 23.8 Å². The van der Waals surface area contributed by atoms with E-state index in [1.165, 1.54) is 21.1 Å². The van der Waals surface area contributed by atoms with E-state index in [0.29, 0.717) is 0 Å². The molecule has 0 spiro atoms. The Morgan fingerprint density at radius 3 is 2.38 bits per heavy atom. The molecule has 0 aromatic carbocycles. The fourth-order valence-corrected chi connectivity index (χ4v) is 0.656. The van der Waals surface area contributed by atoms with Gasteiger partial charge >= 0.3 is 11.9 Å². The van der Waals surface area contributed by atoms with E-state index in [1.54, 1.807) is 0 Å². The third kappa shape index (κ3) is 5.19. The van der Waals surface area contributed by atoms with Crippen molar-refractivity contribution in [1.82, 2.24) is 0 Å². The Hall–Kier alpha value is -1.10. The van der Waals surface area contributed by atoms with Gasteiger partial charge in [0, 0.05) is 7.11 Å². The third-order valence-electron chi connectivity index (χ3n) is 1.35. The summed E-state index contributed by atoms with van der Waals surface area (Å²) >= 11 is 0. The topological polar surface area (TPSA) is 61.8 Å². The lowest BCUT2D eigenvalue weighted by atomic mass is 10.4. The van der Waals surface area contributed by atoms with E-state index < -0.39 is 18.0 Å². The first-order chi connectivity index (χ1) is 6.11. The molecule has 76 valence electrons. The SMILES string of the molecule is COCCC(=O)OC(C)C(=O)OC. The van der Waals surface area contributed by atoms with E-state index >= 15 is 0 Å². The van der Waals surface area contributed by atoms with Gasteiger partial charge in [-0.2, -0.15) is 0 Å². The average molecular weight is 190 g/mol. The lowest BCUT2D eigenvalue weighted by molar-refractivity contribution is -0.165. The van der Waals surface area contributed by atoms with E-state index in [4.69, 9.17) is 4.74 Å². The molecule has 5 nitrogen and oxygen atoms in total. The van der Waals surface area contributed by atoms with Crippen LogP contribution in [0, 0.1) is 0 Å². The fourth-order valence-electron chi connectivity index (χ4n) is 0.656. The molecule has 0 aliphatic rings. The summed E-state index contributed by atoms with van der Waals surface area (Å²) in [5.74, 6) is -1.04. The molecule has 0 amide bonds. The zero-order valence-corrected chi connectivity index (χ0v) is 8.03. The Morgan fingerprint density at radius 1 is 1.31 bits per heavy atom. The van der Waals surface area contributed by atoms with Crippen LogP contribution in [0.4, 0.5) is 0 Å². The van der Waals surface area contributed by atoms with Crippen LogP contribution in [0.1, 0.15) is 13.3 Å². The van der Waals surface area contributed by atoms with Crippen LogP contribution in [0.3, 0.4) is 0 Å². The van der Waals surface area contributed by atoms with Gasteiger partial charge in [-0.05, 0) is 6.92 Å². The Kier molecular flexibility index (Phi) is 5.88. The van der Waals surface area contributed by atoms with Crippen molar-refractivity contribution in [3.05, 3.63) is 0 Å². The lowest BCUT2D eigenvalue weighted by Crippen LogP contribution is -2.25. The maximum absolute atomic E-state index is 10.9. The summed E-state index contributed by atoms with van der Waals surface area (Å²) < 4.78 is 13.7. The van der Waals surface area contributed by atoms with Gasteiger partial charge in [-0.1, -0.05) is 0 Å². The number of carbonyl (C=O) groups is 2. The number of carbonyl (C=O) groups excluding carboxylic acids is 2. The number of hydrogen-bond donors (Lipinski definition) is 0. The van der Waals surface area contributed by atoms with Crippen molar-refractivity contribution in [1.29, 1.82) is 0 Å². The van der Waals surface area contributed by atoms with Crippen molar-refractivity contribution in [3.63, 3.8) is 0 Å². The normalized spacial score (nSPS) is 11.9. The number of ether oxygens (including phenoxy) is 3. The highest BCUT2D eigenvalue weighted by atomic mass is 16.6. The van der Waals surface area contributed by atoms with Crippen LogP contribution >= 0.6 is 0 Å². The minimum absolute atomic E-state index is 0.137. The van der Waals surface area contributed by atoms with Gasteiger partial charge in [0.05, 0.1) is 20.1 Å². The molecule has 0 aromatic rings. The molecule has 0 bridgehead atoms. The Morgan fingerprint density at radius 2 is 1.92 bits per heavy atom. The Balaban J connectivity index is 3.71. The predicted molar refractivity (Wildman–Crippen MR) is 44.1 cm³/mol. The molecule has 0 aromatic heterocycles. The fraction of sp³-hybridized carbons (Fsp3) is 0.750. The predicted octanol–water partition coefficient (Wildman–Crippen LogP) is 0.128. The highest BCUT2D eigenvalue weighted by molar-refractivity contribution is 5.78. The van der Waals surface area contributed by atoms with Gasteiger partial charge in [-0.3, -0.25) is 4.79 Å². The zero-order chi connectivity index (χ0) is 10.3. The summed E-state index contributed by atoms with van der Waals surface area (Å²) in [7, 11) is 2.72. The number of rotatable bonds is 5. The minimum Gasteiger partial charge on any atom is -0.466 e. The van der Waals surface area contributed by atoms with E-state index in [9.17, 15) is 9.59 Å². The number of hydrogen-bond acceptors (Lipinski definition) is 5. The Labute approximate surface area is 77.0 Å². The third-order valence-corrected chi connectivity index (χ3v) is 1.35. The minimum atomic E-state index is -0.852. The summed E-state index contributed by atoms with van der Waals surface area (Å²) in [5, 5.41) is 0. The van der Waals surface area contributed by atoms with E-state index in [1.807, 2.05) is 0 Å². The number of methoxy groups -OCH3 is 2. The lowest BCUT2D eigenvalue weighted by Gasteiger charge is -2.10. The molecule has 0 aliphatic carbocycles. The van der Waals surface area contributed by atoms with Gasteiger partial charge in [0.1, 0.15) is 0 Å². The van der Waals surface area contributed by atoms with Crippen molar-refractivity contribution in [2.45, 2.75) is 19.4 Å². The summed E-state index contributed by atoms with van der Waals surface area (Å²) in [5.41, 5.74) is 0. The highest BCUT2D eigenvalue weighted by Crippen LogP contribution is 1.96. The van der Waals surface area contributed by atoms with Crippen LogP contribution in [0.25, 0.3) is 0 Å². The quantitative estimate of drug-likeness (QED) is 0.576. The second kappa shape index (κ2) is 6.42. The van der Waals surface area contributed by atoms with Gasteiger partial charge in [-0.25, -0.2) is 4.79 Å². The van der Waals surface area contributed by atoms with Crippen LogP contribution in [-0.4, -0.2) is 38.9 Å². The van der Waals surface area contributed by atoms with Gasteiger partial charge < -0.3 is 14.2 Å². The van der Waals surface area contributed by atoms with Gasteiger partial charge in [0.15, 0.2) is 6.10 Å². The summed E-state index contributed by atoms with van der Waals surface area (Å²) in [6.07, 6.45) is -0.716. The molecule has 0 aliphatic heterocycles. The van der Waals surface area contributed by atoms with Gasteiger partial charge in [0.2, 0.25) is 0 Å². The molecule has 0 saturated heterocycles. The van der Waals surface area contributed by atoms with E-state index in [0.717, 1.165) is 0 Å². The smallest absolute Gasteiger partial charge is 0.346 e. The van der Waals surface area contributed by atoms with Gasteiger partial charge in [-0.15, -0.1) is 0 Å². The van der Waals surface area contributed by atoms with Crippen molar-refractivity contribution in [3.8, 4) is 0 Å². The van der Waals surface area contributed by atoms with Crippen LogP contribution < -0.4 is 0 Å². The van der Waals surface area contributed by atoms with Crippen LogP contribution in [0.5, 0.6) is 0 Å². The molecular weight excluding hydrogens is 176 g/mol. The average Bonchev–Trinajstić information content (AvgIpc) is 2.13. The molecular formula is C8H14O5. The second-order valence-electron chi connectivity index (χ2n) is 2.40. The van der Waals surface area contributed by atoms with Crippen molar-refractivity contribution >= 4 is 11.9 Å². The van der Waals surface area contributed by atoms with Crippen molar-refractivity contribution in [2.75, 3.05) is 20.8 Å². The molecule has 5 heteroatoms. The molecule has 1 unspecified atom stereocenters. The van der Waals surface area contributed by atoms with Crippen LogP contribution in [-0.2, 0) is 23.8 Å². The summed E-state index contributed by atoms with van der Waals surface area (Å²) in [6, 6.07) is 0. The first-order valence-electron chi connectivity index (χ1n) is 3.88. The summed E-state index contributed by atoms with van der Waals surface area (Å²) in [6.45, 7) is 1.74. The van der Waals surface area contributed by atoms with Crippen LogP contribution in [0.2, 0.25) is 0 Å². The molecule has 0 radical (unpaired) electrons. The van der Waals surface area contributed by atoms with Gasteiger partial charge in [0.25, 0.3) is 0 Å². The Bertz CT molecular complexity index is 177. The molecule has 0 fully saturated rings. The zero-order valence-electron chi connectivity index (χ0n) is 8.03. The second-order valence-corrected chi connectivity index (χ2v) is 2.40. The maximum Gasteiger partial charge on any atom is 0.346 e. The van der Waals surface area contributed by atoms with E-state index in [-0.39, 0.29) is 13.0 Å². The molecule has 13 heavy (non-hydrogen) atoms. The molecule has 1 atom stereocenters. The highest BCUT2D eigenvalue weighted by Gasteiger charge is 2.17. The van der Waals surface area contributed by atoms with E-state index in [2.05, 4.69) is 9.47 Å². The largest absolute Gasteiger partial charge is 0.466 e. The van der Waals surface area contributed by atoms with Crippen molar-refractivity contribution in [2.24, 2.45) is 0 Å². The molecule has 0 N–H and O–H groups in total. The monoisotopic (exact) mass is 190 g/mol. The number of esters is 2. The standard InChI is InChI=1S/C8H14O5/c1-6(8(10)12-3)13-7(9)4-5-11-2/h6H,4-5H2,1-3H3. The van der Waals surface area contributed by atoms with Crippen LogP contribution in [0.15, 0.2) is 0 Å². The first-order valence-corrected chi connectivity index (χ1v) is 3.88. The first kappa shape index (κ1) is 11.9. The molecule has 0 saturated carbocycles. The molecule has 0 heterocycles.